The average molecular weight is 373 g/mol. The summed E-state index contributed by atoms with van der Waals surface area (Å²) in [6, 6.07) is 10.3. The van der Waals surface area contributed by atoms with E-state index in [-0.39, 0.29) is 12.4 Å². The van der Waals surface area contributed by atoms with Gasteiger partial charge in [0.25, 0.3) is 0 Å². The quantitative estimate of drug-likeness (QED) is 0.864. The lowest BCUT2D eigenvalue weighted by molar-refractivity contribution is 0.0409. The number of anilines is 1. The zero-order valence-corrected chi connectivity index (χ0v) is 16.3. The first-order chi connectivity index (χ1) is 12.0. The third-order valence-corrected chi connectivity index (χ3v) is 4.49. The van der Waals surface area contributed by atoms with Crippen LogP contribution in [0.3, 0.4) is 0 Å². The first-order valence-corrected chi connectivity index (χ1v) is 8.69. The lowest BCUT2D eigenvalue weighted by Gasteiger charge is -2.34. The number of nitrogens with two attached hydrogens (primary N) is 1. The van der Waals surface area contributed by atoms with Crippen molar-refractivity contribution in [3.05, 3.63) is 52.9 Å². The Hall–Kier alpha value is -2.29. The number of hydrogen-bond donors (Lipinski definition) is 1. The zero-order chi connectivity index (χ0) is 18.0. The van der Waals surface area contributed by atoms with Crippen LogP contribution in [0.2, 0.25) is 0 Å². The normalized spacial score (nSPS) is 18.3. The minimum atomic E-state index is -0.433. The number of hydrazone groups is 1. The van der Waals surface area contributed by atoms with Crippen LogP contribution < -0.4 is 10.7 Å². The van der Waals surface area contributed by atoms with E-state index in [1.165, 1.54) is 5.56 Å². The van der Waals surface area contributed by atoms with Crippen molar-refractivity contribution in [2.24, 2.45) is 10.8 Å². The van der Waals surface area contributed by atoms with Crippen LogP contribution in [0.25, 0.3) is 0 Å². The summed E-state index contributed by atoms with van der Waals surface area (Å²) in [5.41, 5.74) is 10.0. The highest BCUT2D eigenvalue weighted by atomic mass is 35.5. The molecule has 138 valence electrons. The molecule has 1 aromatic rings. The monoisotopic (exact) mass is 372 g/mol. The molecular weight excluding hydrogens is 348 g/mol. The summed E-state index contributed by atoms with van der Waals surface area (Å²) in [5, 5.41) is 16.1. The van der Waals surface area contributed by atoms with Crippen molar-refractivity contribution in [3.8, 4) is 6.07 Å². The summed E-state index contributed by atoms with van der Waals surface area (Å²) in [4.78, 5) is 0. The molecule has 0 aromatic heterocycles. The number of ether oxygens (including phenoxy) is 1. The fourth-order valence-corrected chi connectivity index (χ4v) is 3.12. The summed E-state index contributed by atoms with van der Waals surface area (Å²) in [7, 11) is 0. The number of unbranched alkanes of at least 4 members (excludes halogenated alkanes) is 1. The highest BCUT2D eigenvalue weighted by Gasteiger charge is 2.33. The minimum Gasteiger partial charge on any atom is -0.383 e. The van der Waals surface area contributed by atoms with Crippen LogP contribution in [-0.2, 0) is 11.2 Å². The first-order valence-electron chi connectivity index (χ1n) is 8.69. The highest BCUT2D eigenvalue weighted by molar-refractivity contribution is 6.08. The standard InChI is InChI=1S/C20H24N4O.ClH/c1-4-5-8-14-9-6-7-10-18(14)24-19(22)16(12-21)15-11-20(2,3)25-13-17(15)23-24;/h6-7,9-11H,4-5,8,13,22H2,1-3H3;1H. The van der Waals surface area contributed by atoms with E-state index in [1.54, 1.807) is 5.01 Å². The second-order valence-electron chi connectivity index (χ2n) is 6.91. The number of nitrogens with zero attached hydrogens (tertiary/aromatic N) is 3. The third kappa shape index (κ3) is 3.77. The maximum absolute atomic E-state index is 9.69. The van der Waals surface area contributed by atoms with Crippen LogP contribution in [-0.4, -0.2) is 17.9 Å². The number of hydrogen-bond acceptors (Lipinski definition) is 5. The molecule has 0 bridgehead atoms. The molecule has 0 unspecified atom stereocenters. The van der Waals surface area contributed by atoms with Crippen LogP contribution in [0, 0.1) is 11.3 Å². The van der Waals surface area contributed by atoms with Gasteiger partial charge in [-0.1, -0.05) is 31.5 Å². The van der Waals surface area contributed by atoms with E-state index in [9.17, 15) is 5.26 Å². The summed E-state index contributed by atoms with van der Waals surface area (Å²) in [6.45, 7) is 6.47. The molecule has 0 saturated carbocycles. The topological polar surface area (TPSA) is 74.6 Å². The van der Waals surface area contributed by atoms with Gasteiger partial charge in [0.15, 0.2) is 0 Å². The Kier molecular flexibility index (Phi) is 6.12. The molecule has 6 heteroatoms. The zero-order valence-electron chi connectivity index (χ0n) is 15.5. The summed E-state index contributed by atoms with van der Waals surface area (Å²) in [5.74, 6) is 0.374. The van der Waals surface area contributed by atoms with Gasteiger partial charge in [-0.05, 0) is 44.4 Å². The second-order valence-corrected chi connectivity index (χ2v) is 6.91. The second kappa shape index (κ2) is 7.94. The molecular formula is C20H25ClN4O. The number of nitriles is 1. The van der Waals surface area contributed by atoms with E-state index in [4.69, 9.17) is 15.6 Å². The van der Waals surface area contributed by atoms with E-state index in [1.807, 2.05) is 38.1 Å². The maximum Gasteiger partial charge on any atom is 0.144 e. The van der Waals surface area contributed by atoms with Gasteiger partial charge in [0.1, 0.15) is 17.5 Å². The van der Waals surface area contributed by atoms with Crippen LogP contribution in [0.1, 0.15) is 39.2 Å². The molecule has 2 aliphatic rings. The average Bonchev–Trinajstić information content (AvgIpc) is 2.59. The Morgan fingerprint density at radius 1 is 1.35 bits per heavy atom. The Balaban J connectivity index is 0.00000243. The summed E-state index contributed by atoms with van der Waals surface area (Å²) in [6.07, 6.45) is 5.10. The molecule has 0 saturated heterocycles. The van der Waals surface area contributed by atoms with E-state index in [2.05, 4.69) is 19.1 Å². The van der Waals surface area contributed by atoms with Crippen LogP contribution in [0.15, 0.2) is 52.4 Å². The van der Waals surface area contributed by atoms with Crippen LogP contribution >= 0.6 is 12.4 Å². The van der Waals surface area contributed by atoms with Crippen molar-refractivity contribution in [2.75, 3.05) is 11.6 Å². The predicted octanol–water partition coefficient (Wildman–Crippen LogP) is 4.06. The molecule has 0 fully saturated rings. The number of para-hydroxylation sites is 1. The van der Waals surface area contributed by atoms with Gasteiger partial charge in [-0.3, -0.25) is 0 Å². The van der Waals surface area contributed by atoms with Gasteiger partial charge < -0.3 is 10.5 Å². The molecule has 1 aromatic carbocycles. The number of halogens is 1. The van der Waals surface area contributed by atoms with Crippen LogP contribution in [0.4, 0.5) is 5.69 Å². The largest absolute Gasteiger partial charge is 0.383 e. The van der Waals surface area contributed by atoms with Crippen molar-refractivity contribution in [1.82, 2.24) is 0 Å². The van der Waals surface area contributed by atoms with Gasteiger partial charge in [0, 0.05) is 5.57 Å². The van der Waals surface area contributed by atoms with Gasteiger partial charge in [0.2, 0.25) is 0 Å². The van der Waals surface area contributed by atoms with Gasteiger partial charge in [0.05, 0.1) is 23.6 Å². The molecule has 2 aliphatic heterocycles. The highest BCUT2D eigenvalue weighted by Crippen LogP contribution is 2.34. The fourth-order valence-electron chi connectivity index (χ4n) is 3.12. The van der Waals surface area contributed by atoms with Gasteiger partial charge >= 0.3 is 0 Å². The number of benzene rings is 1. The molecule has 2 N–H and O–H groups in total. The SMILES string of the molecule is CCCCc1ccccc1N1N=C2COC(C)(C)C=C2C(C#N)=C1N.Cl. The lowest BCUT2D eigenvalue weighted by Crippen LogP contribution is -2.39. The Morgan fingerprint density at radius 2 is 2.08 bits per heavy atom. The Morgan fingerprint density at radius 3 is 2.77 bits per heavy atom. The Labute approximate surface area is 161 Å². The smallest absolute Gasteiger partial charge is 0.144 e. The van der Waals surface area contributed by atoms with Crippen molar-refractivity contribution < 1.29 is 4.74 Å². The van der Waals surface area contributed by atoms with E-state index < -0.39 is 5.60 Å². The molecule has 0 aliphatic carbocycles. The minimum absolute atomic E-state index is 0. The molecule has 2 heterocycles. The van der Waals surface area contributed by atoms with Crippen molar-refractivity contribution in [2.45, 2.75) is 45.6 Å². The molecule has 26 heavy (non-hydrogen) atoms. The number of rotatable bonds is 4. The van der Waals surface area contributed by atoms with Crippen molar-refractivity contribution in [1.29, 1.82) is 5.26 Å². The molecule has 0 atom stereocenters. The van der Waals surface area contributed by atoms with E-state index in [0.717, 1.165) is 36.2 Å². The maximum atomic E-state index is 9.69. The van der Waals surface area contributed by atoms with Crippen molar-refractivity contribution >= 4 is 23.8 Å². The molecule has 0 amide bonds. The third-order valence-electron chi connectivity index (χ3n) is 4.49. The van der Waals surface area contributed by atoms with Crippen LogP contribution in [0.5, 0.6) is 0 Å². The van der Waals surface area contributed by atoms with Gasteiger partial charge in [-0.25, -0.2) is 5.01 Å². The predicted molar refractivity (Wildman–Crippen MR) is 107 cm³/mol. The van der Waals surface area contributed by atoms with Crippen molar-refractivity contribution in [3.63, 3.8) is 0 Å². The van der Waals surface area contributed by atoms with E-state index in [0.29, 0.717) is 18.0 Å². The van der Waals surface area contributed by atoms with Gasteiger partial charge in [-0.2, -0.15) is 10.4 Å². The molecule has 0 radical (unpaired) electrons. The number of aryl methyl sites for hydroxylation is 1. The lowest BCUT2D eigenvalue weighted by atomic mass is 9.92. The molecule has 3 rings (SSSR count). The van der Waals surface area contributed by atoms with Gasteiger partial charge in [-0.15, -0.1) is 12.4 Å². The molecule has 0 spiro atoms. The first kappa shape index (κ1) is 20.0. The Bertz CT molecular complexity index is 817. The summed E-state index contributed by atoms with van der Waals surface area (Å²) < 4.78 is 5.84. The molecule has 5 nitrogen and oxygen atoms in total. The number of allylic oxidation sites excluding steroid dienone is 1. The fraction of sp³-hybridized carbons (Fsp3) is 0.400. The summed E-state index contributed by atoms with van der Waals surface area (Å²) >= 11 is 0. The number of fused-ring (bicyclic) bond motifs is 1. The van der Waals surface area contributed by atoms with E-state index >= 15 is 0 Å².